The Morgan fingerprint density at radius 1 is 1.12 bits per heavy atom. The fraction of sp³-hybridized carbons (Fsp3) is 0.167. The van der Waals surface area contributed by atoms with Crippen LogP contribution in [0.5, 0.6) is 0 Å². The van der Waals surface area contributed by atoms with Crippen molar-refractivity contribution in [3.63, 3.8) is 0 Å². The number of hydrogen-bond acceptors (Lipinski definition) is 6. The van der Waals surface area contributed by atoms with Crippen molar-refractivity contribution in [1.29, 1.82) is 0 Å². The number of carbonyl (C=O) groups is 2. The first-order chi connectivity index (χ1) is 15.9. The van der Waals surface area contributed by atoms with E-state index in [0.717, 1.165) is 0 Å². The highest BCUT2D eigenvalue weighted by Gasteiger charge is 2.20. The molecule has 168 valence electrons. The number of ether oxygens (including phenoxy) is 1. The van der Waals surface area contributed by atoms with Crippen LogP contribution in [0.2, 0.25) is 0 Å². The van der Waals surface area contributed by atoms with Crippen molar-refractivity contribution >= 4 is 17.6 Å². The molecule has 1 N–H and O–H groups in total. The Bertz CT molecular complexity index is 1320. The number of aryl methyl sites for hydroxylation is 2. The molecule has 8 nitrogen and oxygen atoms in total. The van der Waals surface area contributed by atoms with Crippen molar-refractivity contribution in [2.45, 2.75) is 20.8 Å². The number of aromatic nitrogens is 3. The third kappa shape index (κ3) is 4.52. The van der Waals surface area contributed by atoms with Crippen LogP contribution in [0.4, 0.5) is 10.1 Å². The molecule has 2 heterocycles. The van der Waals surface area contributed by atoms with Crippen molar-refractivity contribution < 1.29 is 23.2 Å². The highest BCUT2D eigenvalue weighted by Crippen LogP contribution is 2.27. The van der Waals surface area contributed by atoms with Gasteiger partial charge in [0.1, 0.15) is 17.1 Å². The lowest BCUT2D eigenvalue weighted by atomic mass is 10.1. The molecular formula is C24H21FN4O4. The van der Waals surface area contributed by atoms with Gasteiger partial charge in [-0.2, -0.15) is 5.10 Å². The second-order valence-electron chi connectivity index (χ2n) is 7.26. The van der Waals surface area contributed by atoms with Gasteiger partial charge in [-0.05, 0) is 57.2 Å². The van der Waals surface area contributed by atoms with Gasteiger partial charge in [-0.3, -0.25) is 4.79 Å². The van der Waals surface area contributed by atoms with E-state index in [9.17, 15) is 14.0 Å². The monoisotopic (exact) mass is 448 g/mol. The highest BCUT2D eigenvalue weighted by molar-refractivity contribution is 6.05. The molecule has 0 bridgehead atoms. The van der Waals surface area contributed by atoms with E-state index in [-0.39, 0.29) is 18.2 Å². The maximum atomic E-state index is 13.9. The van der Waals surface area contributed by atoms with E-state index < -0.39 is 11.8 Å². The normalized spacial score (nSPS) is 10.8. The molecule has 0 aliphatic rings. The number of hydrogen-bond donors (Lipinski definition) is 1. The summed E-state index contributed by atoms with van der Waals surface area (Å²) in [6, 6.07) is 14.5. The van der Waals surface area contributed by atoms with Crippen LogP contribution in [0.1, 0.15) is 39.2 Å². The van der Waals surface area contributed by atoms with Gasteiger partial charge in [0.05, 0.1) is 23.7 Å². The molecule has 4 aromatic rings. The maximum absolute atomic E-state index is 13.9. The number of anilines is 1. The zero-order valence-electron chi connectivity index (χ0n) is 18.3. The van der Waals surface area contributed by atoms with Crippen LogP contribution in [0.15, 0.2) is 59.1 Å². The van der Waals surface area contributed by atoms with Gasteiger partial charge in [0.25, 0.3) is 5.91 Å². The Morgan fingerprint density at radius 3 is 2.61 bits per heavy atom. The minimum atomic E-state index is -0.586. The largest absolute Gasteiger partial charge is 0.461 e. The molecule has 0 radical (unpaired) electrons. The second kappa shape index (κ2) is 9.07. The molecule has 2 aromatic heterocycles. The number of nitrogens with one attached hydrogen (secondary N) is 1. The minimum absolute atomic E-state index is 0.0845. The van der Waals surface area contributed by atoms with Crippen LogP contribution in [-0.2, 0) is 4.74 Å². The minimum Gasteiger partial charge on any atom is -0.461 e. The van der Waals surface area contributed by atoms with Crippen molar-refractivity contribution in [2.75, 3.05) is 11.9 Å². The second-order valence-corrected chi connectivity index (χ2v) is 7.26. The summed E-state index contributed by atoms with van der Waals surface area (Å²) in [6.07, 6.45) is 0. The van der Waals surface area contributed by atoms with Gasteiger partial charge in [-0.1, -0.05) is 23.4 Å². The Morgan fingerprint density at radius 2 is 1.91 bits per heavy atom. The summed E-state index contributed by atoms with van der Waals surface area (Å²) in [7, 11) is 0. The quantitative estimate of drug-likeness (QED) is 0.429. The fourth-order valence-electron chi connectivity index (χ4n) is 3.45. The SMILES string of the molecule is CCOC(=O)c1cc(-c2cccc(NC(=O)c3c(C)noc3C)c2)n(-c2cccc(F)c2)n1. The molecule has 0 saturated carbocycles. The molecule has 4 rings (SSSR count). The first-order valence-electron chi connectivity index (χ1n) is 10.2. The summed E-state index contributed by atoms with van der Waals surface area (Å²) in [5, 5.41) is 11.0. The molecular weight excluding hydrogens is 427 g/mol. The van der Waals surface area contributed by atoms with E-state index in [2.05, 4.69) is 15.6 Å². The highest BCUT2D eigenvalue weighted by atomic mass is 19.1. The molecule has 0 fully saturated rings. The summed E-state index contributed by atoms with van der Waals surface area (Å²) in [6.45, 7) is 5.26. The van der Waals surface area contributed by atoms with Gasteiger partial charge >= 0.3 is 5.97 Å². The molecule has 0 saturated heterocycles. The zero-order valence-corrected chi connectivity index (χ0v) is 18.3. The topological polar surface area (TPSA) is 99.2 Å². The first-order valence-corrected chi connectivity index (χ1v) is 10.2. The average Bonchev–Trinajstić information content (AvgIpc) is 3.38. The number of carbonyl (C=O) groups excluding carboxylic acids is 2. The van der Waals surface area contributed by atoms with E-state index in [1.54, 1.807) is 63.2 Å². The number of rotatable bonds is 6. The van der Waals surface area contributed by atoms with Crippen molar-refractivity contribution in [3.8, 4) is 16.9 Å². The number of halogens is 1. The summed E-state index contributed by atoms with van der Waals surface area (Å²) in [5.41, 5.74) is 3.07. The Balaban J connectivity index is 1.74. The van der Waals surface area contributed by atoms with Crippen molar-refractivity contribution in [3.05, 3.63) is 83.1 Å². The lowest BCUT2D eigenvalue weighted by molar-refractivity contribution is 0.0519. The Kier molecular flexibility index (Phi) is 6.03. The van der Waals surface area contributed by atoms with Gasteiger partial charge in [-0.25, -0.2) is 13.9 Å². The fourth-order valence-corrected chi connectivity index (χ4v) is 3.45. The first kappa shape index (κ1) is 21.9. The number of esters is 1. The number of benzene rings is 2. The van der Waals surface area contributed by atoms with Gasteiger partial charge in [0, 0.05) is 11.3 Å². The van der Waals surface area contributed by atoms with E-state index in [4.69, 9.17) is 9.26 Å². The third-order valence-corrected chi connectivity index (χ3v) is 4.92. The van der Waals surface area contributed by atoms with E-state index in [0.29, 0.717) is 39.6 Å². The molecule has 0 unspecified atom stereocenters. The average molecular weight is 448 g/mol. The molecule has 0 aliphatic carbocycles. The summed E-state index contributed by atoms with van der Waals surface area (Å²) in [5.74, 6) is -0.956. The standard InChI is InChI=1S/C24H21FN4O4/c1-4-32-24(31)20-13-21(29(27-20)19-10-6-8-17(25)12-19)16-7-5-9-18(11-16)26-23(30)22-14(2)28-33-15(22)3/h5-13H,4H2,1-3H3,(H,26,30). The molecule has 9 heteroatoms. The Labute approximate surface area is 189 Å². The van der Waals surface area contributed by atoms with Crippen LogP contribution in [0.3, 0.4) is 0 Å². The smallest absolute Gasteiger partial charge is 0.358 e. The third-order valence-electron chi connectivity index (χ3n) is 4.92. The van der Waals surface area contributed by atoms with Crippen LogP contribution in [0.25, 0.3) is 16.9 Å². The molecule has 0 aliphatic heterocycles. The van der Waals surface area contributed by atoms with E-state index in [1.165, 1.54) is 16.8 Å². The summed E-state index contributed by atoms with van der Waals surface area (Å²) >= 11 is 0. The molecule has 0 atom stereocenters. The predicted molar refractivity (Wildman–Crippen MR) is 119 cm³/mol. The predicted octanol–water partition coefficient (Wildman–Crippen LogP) is 4.71. The van der Waals surface area contributed by atoms with Crippen LogP contribution >= 0.6 is 0 Å². The van der Waals surface area contributed by atoms with Crippen molar-refractivity contribution in [2.24, 2.45) is 0 Å². The van der Waals surface area contributed by atoms with Gasteiger partial charge in [0.2, 0.25) is 0 Å². The number of nitrogens with zero attached hydrogens (tertiary/aromatic N) is 3. The maximum Gasteiger partial charge on any atom is 0.358 e. The van der Waals surface area contributed by atoms with E-state index in [1.807, 2.05) is 0 Å². The van der Waals surface area contributed by atoms with Crippen molar-refractivity contribution in [1.82, 2.24) is 14.9 Å². The lowest BCUT2D eigenvalue weighted by Crippen LogP contribution is -2.13. The molecule has 0 spiro atoms. The van der Waals surface area contributed by atoms with Crippen LogP contribution < -0.4 is 5.32 Å². The van der Waals surface area contributed by atoms with Crippen LogP contribution in [-0.4, -0.2) is 33.4 Å². The summed E-state index contributed by atoms with van der Waals surface area (Å²) < 4.78 is 25.5. The lowest BCUT2D eigenvalue weighted by Gasteiger charge is -2.10. The Hall–Kier alpha value is -4.27. The molecule has 2 aromatic carbocycles. The summed E-state index contributed by atoms with van der Waals surface area (Å²) in [4.78, 5) is 25.0. The van der Waals surface area contributed by atoms with Gasteiger partial charge < -0.3 is 14.6 Å². The number of amides is 1. The molecule has 1 amide bonds. The van der Waals surface area contributed by atoms with Gasteiger partial charge in [-0.15, -0.1) is 0 Å². The zero-order chi connectivity index (χ0) is 23.5. The van der Waals surface area contributed by atoms with E-state index >= 15 is 0 Å². The van der Waals surface area contributed by atoms with Gasteiger partial charge in [0.15, 0.2) is 5.69 Å². The van der Waals surface area contributed by atoms with Crippen LogP contribution in [0, 0.1) is 19.7 Å². The molecule has 33 heavy (non-hydrogen) atoms.